The topological polar surface area (TPSA) is 114 Å². The van der Waals surface area contributed by atoms with E-state index < -0.39 is 10.2 Å². The van der Waals surface area contributed by atoms with Crippen molar-refractivity contribution in [3.8, 4) is 0 Å². The Bertz CT molecular complexity index is 702. The van der Waals surface area contributed by atoms with Crippen LogP contribution in [0.3, 0.4) is 0 Å². The van der Waals surface area contributed by atoms with Crippen LogP contribution in [0.15, 0.2) is 42.9 Å². The molecule has 8 heteroatoms. The molecule has 0 saturated heterocycles. The van der Waals surface area contributed by atoms with Gasteiger partial charge in [0.1, 0.15) is 0 Å². The van der Waals surface area contributed by atoms with Crippen molar-refractivity contribution in [1.82, 2.24) is 9.78 Å². The van der Waals surface area contributed by atoms with E-state index >= 15 is 0 Å². The fourth-order valence-corrected chi connectivity index (χ4v) is 1.73. The first kappa shape index (κ1) is 13.7. The highest BCUT2D eigenvalue weighted by atomic mass is 35.7. The van der Waals surface area contributed by atoms with Gasteiger partial charge in [0.25, 0.3) is 12.0 Å². The molecule has 0 aliphatic heterocycles. The van der Waals surface area contributed by atoms with Gasteiger partial charge in [-0.3, -0.25) is 0 Å². The molecule has 3 rings (SSSR count). The largest absolute Gasteiger partial charge is 0.270 e. The first-order valence-corrected chi connectivity index (χ1v) is 6.41. The Morgan fingerprint density at radius 3 is 2.32 bits per heavy atom. The predicted molar refractivity (Wildman–Crippen MR) is 53.9 cm³/mol. The SMILES string of the molecule is Cn1nc[n+]2cc3ccccc3cc12.[O-][Cl+3]([O-])([O-])[O-]. The minimum absolute atomic E-state index is 1.10. The third-order valence-electron chi connectivity index (χ3n) is 2.50. The third-order valence-corrected chi connectivity index (χ3v) is 2.50. The number of aromatic nitrogens is 3. The second-order valence-electron chi connectivity index (χ2n) is 3.80. The van der Waals surface area contributed by atoms with E-state index in [4.69, 9.17) is 18.6 Å². The van der Waals surface area contributed by atoms with Crippen LogP contribution >= 0.6 is 0 Å². The highest BCUT2D eigenvalue weighted by molar-refractivity contribution is 5.82. The summed E-state index contributed by atoms with van der Waals surface area (Å²) in [5, 5.41) is 6.68. The van der Waals surface area contributed by atoms with Gasteiger partial charge in [0, 0.05) is 16.6 Å². The molecule has 3 aromatic rings. The monoisotopic (exact) mass is 283 g/mol. The van der Waals surface area contributed by atoms with Gasteiger partial charge in [-0.1, -0.05) is 24.3 Å². The number of aryl methyl sites for hydroxylation is 1. The molecule has 0 amide bonds. The molecule has 0 atom stereocenters. The first-order valence-electron chi connectivity index (χ1n) is 5.18. The van der Waals surface area contributed by atoms with E-state index in [-0.39, 0.29) is 0 Å². The van der Waals surface area contributed by atoms with Crippen molar-refractivity contribution in [2.75, 3.05) is 0 Å². The average Bonchev–Trinajstić information content (AvgIpc) is 2.66. The lowest BCUT2D eigenvalue weighted by molar-refractivity contribution is -2.00. The maximum absolute atomic E-state index is 8.49. The van der Waals surface area contributed by atoms with Crippen molar-refractivity contribution in [1.29, 1.82) is 0 Å². The number of pyridine rings is 1. The van der Waals surface area contributed by atoms with Gasteiger partial charge in [0.2, 0.25) is 0 Å². The molecule has 2 aromatic heterocycles. The van der Waals surface area contributed by atoms with Crippen molar-refractivity contribution >= 4 is 16.4 Å². The Balaban J connectivity index is 0.000000232. The Morgan fingerprint density at radius 2 is 1.68 bits per heavy atom. The quantitative estimate of drug-likeness (QED) is 0.398. The van der Waals surface area contributed by atoms with Crippen molar-refractivity contribution < 1.29 is 33.3 Å². The van der Waals surface area contributed by atoms with Crippen LogP contribution in [-0.2, 0) is 7.05 Å². The van der Waals surface area contributed by atoms with Crippen LogP contribution in [0.1, 0.15) is 0 Å². The van der Waals surface area contributed by atoms with Crippen LogP contribution in [0.4, 0.5) is 0 Å². The predicted octanol–water partition coefficient (Wildman–Crippen LogP) is -3.44. The highest BCUT2D eigenvalue weighted by Gasteiger charge is 2.07. The Labute approximate surface area is 110 Å². The Kier molecular flexibility index (Phi) is 3.65. The van der Waals surface area contributed by atoms with Gasteiger partial charge in [0.15, 0.2) is 0 Å². The fraction of sp³-hybridized carbons (Fsp3) is 0.0909. The molecule has 0 fully saturated rings. The maximum Gasteiger partial charge on any atom is 0.270 e. The van der Waals surface area contributed by atoms with E-state index in [1.54, 1.807) is 0 Å². The summed E-state index contributed by atoms with van der Waals surface area (Å²) in [7, 11) is -3.00. The molecule has 1 aromatic carbocycles. The van der Waals surface area contributed by atoms with Crippen molar-refractivity contribution in [3.05, 3.63) is 42.9 Å². The van der Waals surface area contributed by atoms with Crippen LogP contribution in [0, 0.1) is 10.2 Å². The molecule has 0 bridgehead atoms. The zero-order valence-electron chi connectivity index (χ0n) is 9.89. The zero-order valence-corrected chi connectivity index (χ0v) is 10.6. The number of fused-ring (bicyclic) bond motifs is 2. The second kappa shape index (κ2) is 5.08. The number of benzene rings is 1. The van der Waals surface area contributed by atoms with E-state index in [0.717, 1.165) is 5.65 Å². The molecule has 0 N–H and O–H groups in total. The number of rotatable bonds is 0. The van der Waals surface area contributed by atoms with E-state index in [1.807, 2.05) is 28.5 Å². The number of hydrogen-bond donors (Lipinski definition) is 0. The minimum Gasteiger partial charge on any atom is -0.222 e. The second-order valence-corrected chi connectivity index (χ2v) is 4.56. The summed E-state index contributed by atoms with van der Waals surface area (Å²) in [6, 6.07) is 10.5. The average molecular weight is 284 g/mol. The van der Waals surface area contributed by atoms with Crippen molar-refractivity contribution in [2.45, 2.75) is 0 Å². The van der Waals surface area contributed by atoms with Crippen LogP contribution in [0.2, 0.25) is 0 Å². The molecule has 7 nitrogen and oxygen atoms in total. The lowest BCUT2D eigenvalue weighted by atomic mass is 10.2. The summed E-state index contributed by atoms with van der Waals surface area (Å²) >= 11 is 0. The molecule has 2 heterocycles. The van der Waals surface area contributed by atoms with Crippen LogP contribution in [0.25, 0.3) is 16.4 Å². The van der Waals surface area contributed by atoms with E-state index in [9.17, 15) is 0 Å². The van der Waals surface area contributed by atoms with E-state index in [0.29, 0.717) is 0 Å². The van der Waals surface area contributed by atoms with Crippen LogP contribution in [0.5, 0.6) is 0 Å². The molecule has 0 radical (unpaired) electrons. The number of hydrogen-bond acceptors (Lipinski definition) is 5. The molecule has 100 valence electrons. The summed E-state index contributed by atoms with van der Waals surface area (Å²) < 4.78 is 37.9. The van der Waals surface area contributed by atoms with Gasteiger partial charge in [-0.2, -0.15) is 0 Å². The van der Waals surface area contributed by atoms with Crippen LogP contribution < -0.4 is 23.0 Å². The molecular formula is C11H10ClN3O4. The molecule has 0 saturated carbocycles. The molecule has 0 aliphatic rings. The smallest absolute Gasteiger partial charge is 0.222 e. The van der Waals surface area contributed by atoms with Gasteiger partial charge in [-0.05, 0) is 5.39 Å². The third kappa shape index (κ3) is 3.60. The Hall–Kier alpha value is -1.77. The van der Waals surface area contributed by atoms with Gasteiger partial charge in [-0.25, -0.2) is 23.0 Å². The summed E-state index contributed by atoms with van der Waals surface area (Å²) in [6.45, 7) is 0. The normalized spacial score (nSPS) is 11.4. The highest BCUT2D eigenvalue weighted by Crippen LogP contribution is 2.12. The summed E-state index contributed by atoms with van der Waals surface area (Å²) in [5.41, 5.74) is 1.10. The first-order chi connectivity index (χ1) is 8.84. The Morgan fingerprint density at radius 1 is 1.11 bits per heavy atom. The van der Waals surface area contributed by atoms with Crippen molar-refractivity contribution in [3.63, 3.8) is 0 Å². The standard InChI is InChI=1S/C11H10N3.ClHO4/c1-13-11-6-9-4-2-3-5-10(9)7-14(11)8-12-13;2-1(3,4)5/h2-8H,1H3;(H,2,3,4,5)/q+1;/p-1. The summed E-state index contributed by atoms with van der Waals surface area (Å²) in [5.74, 6) is 0. The van der Waals surface area contributed by atoms with Gasteiger partial charge in [-0.15, -0.1) is 14.9 Å². The molecular weight excluding hydrogens is 274 g/mol. The maximum atomic E-state index is 8.49. The molecule has 0 aliphatic carbocycles. The molecule has 0 unspecified atom stereocenters. The number of nitrogens with zero attached hydrogens (tertiary/aromatic N) is 3. The lowest BCUT2D eigenvalue weighted by Crippen LogP contribution is -2.68. The number of halogens is 1. The molecule has 19 heavy (non-hydrogen) atoms. The van der Waals surface area contributed by atoms with Gasteiger partial charge in [0.05, 0.1) is 13.2 Å². The summed E-state index contributed by atoms with van der Waals surface area (Å²) in [4.78, 5) is 0. The summed E-state index contributed by atoms with van der Waals surface area (Å²) in [6.07, 6.45) is 3.92. The van der Waals surface area contributed by atoms with E-state index in [2.05, 4.69) is 35.6 Å². The van der Waals surface area contributed by atoms with Gasteiger partial charge < -0.3 is 0 Å². The zero-order chi connectivity index (χ0) is 14.0. The fourth-order valence-electron chi connectivity index (χ4n) is 1.73. The van der Waals surface area contributed by atoms with Gasteiger partial charge >= 0.3 is 0 Å². The van der Waals surface area contributed by atoms with Crippen LogP contribution in [-0.4, -0.2) is 9.78 Å². The van der Waals surface area contributed by atoms with E-state index in [1.165, 1.54) is 10.8 Å². The molecule has 0 spiro atoms. The minimum atomic E-state index is -4.94. The van der Waals surface area contributed by atoms with Crippen molar-refractivity contribution in [2.24, 2.45) is 7.05 Å². The lowest BCUT2D eigenvalue weighted by Gasteiger charge is -2.17.